The molecular formula is C19H22N2O2. The number of nitrogens with one attached hydrogen (secondary N) is 2. The van der Waals surface area contributed by atoms with E-state index in [0.717, 1.165) is 5.56 Å². The Hall–Kier alpha value is -2.62. The number of hydrogen-bond acceptors (Lipinski definition) is 2. The van der Waals surface area contributed by atoms with Crippen LogP contribution in [0.4, 0.5) is 5.69 Å². The summed E-state index contributed by atoms with van der Waals surface area (Å²) in [5.74, 6) is -0.0495. The van der Waals surface area contributed by atoms with Gasteiger partial charge in [-0.05, 0) is 29.7 Å². The first-order chi connectivity index (χ1) is 11.0. The lowest BCUT2D eigenvalue weighted by atomic mass is 9.95. The van der Waals surface area contributed by atoms with E-state index in [1.54, 1.807) is 24.3 Å². The summed E-state index contributed by atoms with van der Waals surface area (Å²) in [5.41, 5.74) is 2.22. The quantitative estimate of drug-likeness (QED) is 0.883. The Labute approximate surface area is 136 Å². The number of anilines is 1. The highest BCUT2D eigenvalue weighted by atomic mass is 16.2. The van der Waals surface area contributed by atoms with Crippen LogP contribution >= 0.6 is 0 Å². The minimum absolute atomic E-state index is 0.0619. The van der Waals surface area contributed by atoms with Crippen LogP contribution in [-0.4, -0.2) is 11.8 Å². The minimum Gasteiger partial charge on any atom is -0.345 e. The smallest absolute Gasteiger partial charge is 0.251 e. The highest BCUT2D eigenvalue weighted by Gasteiger charge is 2.19. The molecule has 0 aliphatic heterocycles. The molecule has 1 atom stereocenters. The molecule has 0 heterocycles. The summed E-state index contributed by atoms with van der Waals surface area (Å²) >= 11 is 0. The van der Waals surface area contributed by atoms with Crippen molar-refractivity contribution in [1.29, 1.82) is 0 Å². The van der Waals surface area contributed by atoms with Crippen molar-refractivity contribution >= 4 is 17.5 Å². The van der Waals surface area contributed by atoms with Gasteiger partial charge in [-0.1, -0.05) is 50.2 Å². The maximum atomic E-state index is 12.5. The third kappa shape index (κ3) is 4.68. The molecule has 4 nitrogen and oxygen atoms in total. The Kier molecular flexibility index (Phi) is 5.52. The van der Waals surface area contributed by atoms with Crippen LogP contribution in [0.3, 0.4) is 0 Å². The average molecular weight is 310 g/mol. The van der Waals surface area contributed by atoms with Crippen LogP contribution in [-0.2, 0) is 4.79 Å². The fraction of sp³-hybridized carbons (Fsp3) is 0.263. The molecule has 0 aliphatic rings. The first kappa shape index (κ1) is 16.7. The predicted octanol–water partition coefficient (Wildman–Crippen LogP) is 3.77. The fourth-order valence-corrected chi connectivity index (χ4v) is 2.46. The van der Waals surface area contributed by atoms with Crippen molar-refractivity contribution in [2.75, 3.05) is 5.32 Å². The summed E-state index contributed by atoms with van der Waals surface area (Å²) in [4.78, 5) is 23.7. The van der Waals surface area contributed by atoms with Gasteiger partial charge in [0.05, 0.1) is 6.04 Å². The van der Waals surface area contributed by atoms with E-state index in [4.69, 9.17) is 0 Å². The van der Waals surface area contributed by atoms with E-state index in [0.29, 0.717) is 11.3 Å². The van der Waals surface area contributed by atoms with Gasteiger partial charge in [-0.3, -0.25) is 9.59 Å². The number of amides is 2. The third-order valence-electron chi connectivity index (χ3n) is 3.56. The maximum absolute atomic E-state index is 12.5. The molecule has 0 saturated carbocycles. The molecule has 0 aromatic heterocycles. The first-order valence-corrected chi connectivity index (χ1v) is 7.71. The van der Waals surface area contributed by atoms with Gasteiger partial charge in [0.15, 0.2) is 0 Å². The van der Waals surface area contributed by atoms with Crippen LogP contribution in [0.25, 0.3) is 0 Å². The fourth-order valence-electron chi connectivity index (χ4n) is 2.46. The van der Waals surface area contributed by atoms with E-state index >= 15 is 0 Å². The molecule has 0 aliphatic carbocycles. The van der Waals surface area contributed by atoms with Gasteiger partial charge in [-0.25, -0.2) is 0 Å². The van der Waals surface area contributed by atoms with Gasteiger partial charge in [-0.2, -0.15) is 0 Å². The van der Waals surface area contributed by atoms with Crippen LogP contribution in [0.2, 0.25) is 0 Å². The maximum Gasteiger partial charge on any atom is 0.251 e. The SMILES string of the molecule is CC(=O)Nc1cccc(C(=O)NC(c2ccccc2)C(C)C)c1. The Morgan fingerprint density at radius 3 is 2.26 bits per heavy atom. The number of hydrogen-bond donors (Lipinski definition) is 2. The Bertz CT molecular complexity index is 681. The van der Waals surface area contributed by atoms with E-state index in [2.05, 4.69) is 24.5 Å². The molecule has 2 aromatic carbocycles. The monoisotopic (exact) mass is 310 g/mol. The van der Waals surface area contributed by atoms with Crippen molar-refractivity contribution < 1.29 is 9.59 Å². The van der Waals surface area contributed by atoms with E-state index in [-0.39, 0.29) is 23.8 Å². The standard InChI is InChI=1S/C19H22N2O2/c1-13(2)18(15-8-5-4-6-9-15)21-19(23)16-10-7-11-17(12-16)20-14(3)22/h4-13,18H,1-3H3,(H,20,22)(H,21,23). The molecule has 1 unspecified atom stereocenters. The Morgan fingerprint density at radius 1 is 0.957 bits per heavy atom. The van der Waals surface area contributed by atoms with E-state index in [1.165, 1.54) is 6.92 Å². The van der Waals surface area contributed by atoms with Crippen LogP contribution in [0.1, 0.15) is 42.7 Å². The molecule has 0 saturated heterocycles. The van der Waals surface area contributed by atoms with Crippen LogP contribution in [0.5, 0.6) is 0 Å². The van der Waals surface area contributed by atoms with E-state index in [9.17, 15) is 9.59 Å². The van der Waals surface area contributed by atoms with Crippen LogP contribution in [0, 0.1) is 5.92 Å². The number of carbonyl (C=O) groups is 2. The first-order valence-electron chi connectivity index (χ1n) is 7.71. The number of benzene rings is 2. The van der Waals surface area contributed by atoms with Crippen molar-refractivity contribution in [1.82, 2.24) is 5.32 Å². The molecule has 2 amide bonds. The van der Waals surface area contributed by atoms with Gasteiger partial charge < -0.3 is 10.6 Å². The highest BCUT2D eigenvalue weighted by molar-refractivity contribution is 5.97. The topological polar surface area (TPSA) is 58.2 Å². The van der Waals surface area contributed by atoms with Gasteiger partial charge in [0.1, 0.15) is 0 Å². The van der Waals surface area contributed by atoms with Gasteiger partial charge in [0.2, 0.25) is 5.91 Å². The van der Waals surface area contributed by atoms with Crippen molar-refractivity contribution in [2.45, 2.75) is 26.8 Å². The molecular weight excluding hydrogens is 288 g/mol. The molecule has 23 heavy (non-hydrogen) atoms. The normalized spacial score (nSPS) is 11.8. The van der Waals surface area contributed by atoms with Crippen molar-refractivity contribution in [3.63, 3.8) is 0 Å². The average Bonchev–Trinajstić information content (AvgIpc) is 2.52. The second kappa shape index (κ2) is 7.58. The van der Waals surface area contributed by atoms with Crippen molar-refractivity contribution in [3.05, 3.63) is 65.7 Å². The summed E-state index contributed by atoms with van der Waals surface area (Å²) in [6.45, 7) is 5.59. The van der Waals surface area contributed by atoms with Crippen LogP contribution in [0.15, 0.2) is 54.6 Å². The molecule has 2 aromatic rings. The summed E-state index contributed by atoms with van der Waals surface area (Å²) in [6.07, 6.45) is 0. The molecule has 2 N–H and O–H groups in total. The van der Waals surface area contributed by atoms with Gasteiger partial charge in [0.25, 0.3) is 5.91 Å². The molecule has 2 rings (SSSR count). The summed E-state index contributed by atoms with van der Waals surface area (Å²) in [6, 6.07) is 16.8. The van der Waals surface area contributed by atoms with E-state index < -0.39 is 0 Å². The lowest BCUT2D eigenvalue weighted by Crippen LogP contribution is -2.31. The lowest BCUT2D eigenvalue weighted by Gasteiger charge is -2.23. The second-order valence-electron chi connectivity index (χ2n) is 5.87. The largest absolute Gasteiger partial charge is 0.345 e. The molecule has 4 heteroatoms. The zero-order chi connectivity index (χ0) is 16.8. The van der Waals surface area contributed by atoms with Crippen molar-refractivity contribution in [3.8, 4) is 0 Å². The van der Waals surface area contributed by atoms with Gasteiger partial charge >= 0.3 is 0 Å². The summed E-state index contributed by atoms with van der Waals surface area (Å²) in [7, 11) is 0. The molecule has 0 bridgehead atoms. The second-order valence-corrected chi connectivity index (χ2v) is 5.87. The summed E-state index contributed by atoms with van der Waals surface area (Å²) in [5, 5.41) is 5.77. The lowest BCUT2D eigenvalue weighted by molar-refractivity contribution is -0.114. The Morgan fingerprint density at radius 2 is 1.65 bits per heavy atom. The minimum atomic E-state index is -0.160. The van der Waals surface area contributed by atoms with Gasteiger partial charge in [-0.15, -0.1) is 0 Å². The predicted molar refractivity (Wildman–Crippen MR) is 92.2 cm³/mol. The number of carbonyl (C=O) groups excluding carboxylic acids is 2. The highest BCUT2D eigenvalue weighted by Crippen LogP contribution is 2.22. The molecule has 120 valence electrons. The van der Waals surface area contributed by atoms with Crippen LogP contribution < -0.4 is 10.6 Å². The molecule has 0 radical (unpaired) electrons. The zero-order valence-corrected chi connectivity index (χ0v) is 13.7. The van der Waals surface area contributed by atoms with Gasteiger partial charge in [0, 0.05) is 18.2 Å². The number of rotatable bonds is 5. The molecule has 0 fully saturated rings. The zero-order valence-electron chi connectivity index (χ0n) is 13.7. The van der Waals surface area contributed by atoms with E-state index in [1.807, 2.05) is 30.3 Å². The Balaban J connectivity index is 2.18. The molecule has 0 spiro atoms. The third-order valence-corrected chi connectivity index (χ3v) is 3.56. The summed E-state index contributed by atoms with van der Waals surface area (Å²) < 4.78 is 0. The van der Waals surface area contributed by atoms with Crippen molar-refractivity contribution in [2.24, 2.45) is 5.92 Å².